The number of aryl methyl sites for hydroxylation is 2. The number of aromatic nitrogens is 3. The molecule has 0 radical (unpaired) electrons. The largest absolute Gasteiger partial charge is 0.495 e. The van der Waals surface area contributed by atoms with Crippen LogP contribution in [0.1, 0.15) is 71.4 Å². The molecule has 19 nitrogen and oxygen atoms in total. The molecule has 480 valence electrons. The summed E-state index contributed by atoms with van der Waals surface area (Å²) in [7, 11) is -0.556. The topological polar surface area (TPSA) is 211 Å². The number of carbonyl (C=O) groups excluding carboxylic acids is 2. The lowest BCUT2D eigenvalue weighted by molar-refractivity contribution is -0.143. The zero-order valence-electron chi connectivity index (χ0n) is 51.2. The van der Waals surface area contributed by atoms with Crippen molar-refractivity contribution in [2.75, 3.05) is 142 Å². The molecule has 4 amide bonds. The van der Waals surface area contributed by atoms with Crippen LogP contribution in [0.2, 0.25) is 0 Å². The molecule has 11 rings (SSSR count). The minimum Gasteiger partial charge on any atom is -0.399 e. The molecule has 6 aliphatic rings. The van der Waals surface area contributed by atoms with E-state index in [2.05, 4.69) is 100 Å². The van der Waals surface area contributed by atoms with Crippen LogP contribution in [-0.2, 0) is 23.5 Å². The summed E-state index contributed by atoms with van der Waals surface area (Å²) in [5.74, 6) is 3.25. The number of ether oxygens (including phenoxy) is 3. The summed E-state index contributed by atoms with van der Waals surface area (Å²) in [4.78, 5) is 47.7. The van der Waals surface area contributed by atoms with Gasteiger partial charge in [0.15, 0.2) is 0 Å². The number of likely N-dealkylation sites (tertiary alicyclic amines) is 2. The van der Waals surface area contributed by atoms with Crippen LogP contribution in [0.15, 0.2) is 72.8 Å². The van der Waals surface area contributed by atoms with Crippen LogP contribution < -0.4 is 42.3 Å². The predicted molar refractivity (Wildman–Crippen MR) is 362 cm³/mol. The molecule has 6 N–H and O–H groups in total. The van der Waals surface area contributed by atoms with Gasteiger partial charge in [-0.25, -0.2) is 24.5 Å². The number of anilines is 7. The Morgan fingerprint density at radius 2 is 1.07 bits per heavy atom. The number of urea groups is 2. The normalized spacial score (nSPS) is 19.7. The van der Waals surface area contributed by atoms with Crippen LogP contribution in [0.4, 0.5) is 67.6 Å². The van der Waals surface area contributed by atoms with E-state index in [1.54, 1.807) is 12.1 Å². The zero-order valence-corrected chi connectivity index (χ0v) is 56.5. The van der Waals surface area contributed by atoms with Crippen molar-refractivity contribution in [1.82, 2.24) is 24.8 Å². The number of nitrogen functional groups attached to an aromatic ring is 2. The van der Waals surface area contributed by atoms with Gasteiger partial charge in [0.2, 0.25) is 5.95 Å². The smallest absolute Gasteiger partial charge is 0.399 e. The second-order valence-corrected chi connectivity index (χ2v) is 25.9. The number of hydrogen-bond donors (Lipinski definition) is 4. The summed E-state index contributed by atoms with van der Waals surface area (Å²) < 4.78 is 80.9. The highest BCUT2D eigenvalue weighted by atomic mass is 127. The number of alkyl halides is 3. The summed E-state index contributed by atoms with van der Waals surface area (Å²) >= 11 is 4.34. The fourth-order valence-corrected chi connectivity index (χ4v) is 11.9. The number of hydrogen-bond acceptors (Lipinski definition) is 15. The number of halogens is 6. The molecule has 0 bridgehead atoms. The molecule has 2 atom stereocenters. The van der Waals surface area contributed by atoms with Crippen molar-refractivity contribution in [3.63, 3.8) is 0 Å². The minimum atomic E-state index is -4.20. The van der Waals surface area contributed by atoms with Crippen LogP contribution in [-0.4, -0.2) is 166 Å². The van der Waals surface area contributed by atoms with Crippen LogP contribution >= 0.6 is 58.7 Å². The Morgan fingerprint density at radius 3 is 1.55 bits per heavy atom. The molecule has 9 heterocycles. The van der Waals surface area contributed by atoms with Crippen molar-refractivity contribution < 1.29 is 50.7 Å². The van der Waals surface area contributed by atoms with E-state index in [9.17, 15) is 27.2 Å². The quantitative estimate of drug-likeness (QED) is 0.0468. The first-order valence-corrected chi connectivity index (χ1v) is 31.7. The molecule has 88 heavy (non-hydrogen) atoms. The van der Waals surface area contributed by atoms with E-state index in [1.165, 1.54) is 11.0 Å². The van der Waals surface area contributed by atoms with Crippen molar-refractivity contribution in [3.05, 3.63) is 97.0 Å². The van der Waals surface area contributed by atoms with E-state index in [1.807, 2.05) is 92.9 Å². The Hall–Kier alpha value is -5.18. The van der Waals surface area contributed by atoms with Gasteiger partial charge in [-0.05, 0) is 188 Å². The van der Waals surface area contributed by atoms with Crippen LogP contribution in [0, 0.1) is 38.8 Å². The average molecular weight is 1470 g/mol. The molecule has 6 fully saturated rings. The number of carbonyl (C=O) groups is 2. The fraction of sp³-hybridized carbons (Fsp3) is 0.525. The number of pyridine rings is 3. The number of rotatable bonds is 9. The lowest BCUT2D eigenvalue weighted by Crippen LogP contribution is -2.41. The molecular formula is C61H83BF4I2N12O7S. The molecule has 0 aliphatic carbocycles. The molecule has 3 aromatic heterocycles. The number of benzene rings is 2. The van der Waals surface area contributed by atoms with Gasteiger partial charge in [-0.2, -0.15) is 31.1 Å². The number of nitrogens with zero attached hydrogens (tertiary/aromatic N) is 8. The van der Waals surface area contributed by atoms with Crippen molar-refractivity contribution in [2.45, 2.75) is 91.5 Å². The second-order valence-electron chi connectivity index (χ2n) is 23.5. The van der Waals surface area contributed by atoms with Crippen molar-refractivity contribution >= 4 is 124 Å². The Balaban J connectivity index is 0.000000176. The van der Waals surface area contributed by atoms with Gasteiger partial charge in [0.1, 0.15) is 29.1 Å². The zero-order chi connectivity index (χ0) is 62.6. The standard InChI is InChI=1S/C23H31N5O2.C20H28BF3N2O3.C9H10FIN2O.C9H12IN3O.H2S/c1-3-17-6-7-28(15-17)23(29)25-19-5-4-16(2)20(14-19)18-12-21(24)26-22(13-18)27-8-10-30-11-9-27;1-13-6-7-15(10-16(13)21-28-18(2,3)19(4,5)29-21)25-17(27)26-9-8-14(12-26)11-20(22,23)24;10-8-5-7(11)6-9(12-8)13-1-3-14-4-2-13;10-7-5-8(11)12-9(6-7)13-1-3-14-4-2-13;/h4-5,12-14,17H,3,6-11,15H2,1-2H3,(H2,24,26)(H,25,29);6-7,10,14H,8-9,11-12H2,1-5H3,(H,25,27);5-6H,1-4H2;5-6H,1-4H2,(H2,11,12);1H2/t17-;14-;;;/m10.../s1. The fourth-order valence-electron chi connectivity index (χ4n) is 10.7. The number of morpholine rings is 3. The third kappa shape index (κ3) is 19.9. The minimum absolute atomic E-state index is 0. The third-order valence-corrected chi connectivity index (χ3v) is 17.7. The second kappa shape index (κ2) is 31.7. The van der Waals surface area contributed by atoms with E-state index in [0.29, 0.717) is 68.5 Å². The van der Waals surface area contributed by atoms with Gasteiger partial charge in [-0.3, -0.25) is 0 Å². The first kappa shape index (κ1) is 70.3. The molecule has 6 aliphatic heterocycles. The van der Waals surface area contributed by atoms with E-state index >= 15 is 0 Å². The Bertz CT molecular complexity index is 3020. The van der Waals surface area contributed by atoms with Gasteiger partial charge in [-0.1, -0.05) is 31.0 Å². The van der Waals surface area contributed by atoms with Crippen LogP contribution in [0.5, 0.6) is 0 Å². The lowest BCUT2D eigenvalue weighted by Gasteiger charge is -2.32. The molecule has 0 spiro atoms. The predicted octanol–water partition coefficient (Wildman–Crippen LogP) is 10.7. The summed E-state index contributed by atoms with van der Waals surface area (Å²) in [6.07, 6.45) is -2.49. The first-order chi connectivity index (χ1) is 41.3. The SMILES string of the molecule is CC[C@@H]1CCN(C(=O)Nc2ccc(C)c(-c3cc(N)nc(N4CCOCC4)c3)c2)C1.Cc1ccc(NC(=O)N2CC[C@@H](CC(F)(F)F)C2)cc1B1OC(C)(C)C(C)(C)O1.Fc1cc(I)cc(N2CCOCC2)n1.Nc1cc(I)cc(N2CCOCC2)n1.S. The van der Waals surface area contributed by atoms with Gasteiger partial charge >= 0.3 is 25.4 Å². The summed E-state index contributed by atoms with van der Waals surface area (Å²) in [6.45, 7) is 25.5. The Morgan fingerprint density at radius 1 is 0.625 bits per heavy atom. The van der Waals surface area contributed by atoms with Gasteiger partial charge in [0, 0.05) is 96.4 Å². The van der Waals surface area contributed by atoms with Crippen LogP contribution in [0.25, 0.3) is 11.1 Å². The number of nitrogens with one attached hydrogen (secondary N) is 2. The lowest BCUT2D eigenvalue weighted by atomic mass is 9.76. The molecule has 27 heteroatoms. The highest BCUT2D eigenvalue weighted by molar-refractivity contribution is 14.1. The average Bonchev–Trinajstić information content (AvgIpc) is 1.75. The third-order valence-electron chi connectivity index (χ3n) is 16.5. The molecular weight excluding hydrogens is 1390 g/mol. The van der Waals surface area contributed by atoms with Gasteiger partial charge in [-0.15, -0.1) is 0 Å². The number of nitrogens with two attached hydrogens (primary N) is 2. The van der Waals surface area contributed by atoms with Gasteiger partial charge < -0.3 is 70.1 Å². The van der Waals surface area contributed by atoms with Gasteiger partial charge in [0.05, 0.1) is 50.8 Å². The highest BCUT2D eigenvalue weighted by Crippen LogP contribution is 2.38. The molecule has 2 aromatic carbocycles. The maximum atomic E-state index is 13.0. The summed E-state index contributed by atoms with van der Waals surface area (Å²) in [6, 6.07) is 22.2. The maximum Gasteiger partial charge on any atom is 0.495 e. The number of amides is 4. The maximum absolute atomic E-state index is 13.0. The first-order valence-electron chi connectivity index (χ1n) is 29.6. The Labute approximate surface area is 548 Å². The Kier molecular flexibility index (Phi) is 25.3. The van der Waals surface area contributed by atoms with E-state index in [-0.39, 0.29) is 26.1 Å². The van der Waals surface area contributed by atoms with E-state index in [4.69, 9.17) is 35.0 Å². The van der Waals surface area contributed by atoms with Crippen molar-refractivity contribution in [3.8, 4) is 11.1 Å². The molecule has 6 saturated heterocycles. The summed E-state index contributed by atoms with van der Waals surface area (Å²) in [5, 5.41) is 5.87. The van der Waals surface area contributed by atoms with E-state index < -0.39 is 48.8 Å². The van der Waals surface area contributed by atoms with Crippen molar-refractivity contribution in [1.29, 1.82) is 0 Å². The van der Waals surface area contributed by atoms with E-state index in [0.717, 1.165) is 131 Å². The van der Waals surface area contributed by atoms with Crippen LogP contribution in [0.3, 0.4) is 0 Å². The molecule has 0 saturated carbocycles. The monoisotopic (exact) mass is 1470 g/mol. The highest BCUT2D eigenvalue weighted by Gasteiger charge is 2.52. The summed E-state index contributed by atoms with van der Waals surface area (Å²) in [5.41, 5.74) is 17.2. The van der Waals surface area contributed by atoms with Crippen molar-refractivity contribution in [2.24, 2.45) is 11.8 Å². The molecule has 5 aromatic rings. The molecule has 0 unspecified atom stereocenters. The van der Waals surface area contributed by atoms with Gasteiger partial charge in [0.25, 0.3) is 0 Å².